The van der Waals surface area contributed by atoms with E-state index in [1.165, 1.54) is 6.07 Å². The van der Waals surface area contributed by atoms with Crippen LogP contribution in [0.15, 0.2) is 48.9 Å². The molecule has 0 saturated heterocycles. The Morgan fingerprint density at radius 3 is 2.40 bits per heavy atom. The zero-order valence-electron chi connectivity index (χ0n) is 10.7. The summed E-state index contributed by atoms with van der Waals surface area (Å²) in [6, 6.07) is 7.48. The Bertz CT molecular complexity index is 751. The standard InChI is InChI=1S/C15H11F2N3/c1-20-7-6-19-15(20)11-8-10(12(16)9-13(11)17)14-4-2-3-5-18-14/h2-9H,1H3. The Morgan fingerprint density at radius 1 is 0.950 bits per heavy atom. The van der Waals surface area contributed by atoms with E-state index in [4.69, 9.17) is 0 Å². The molecule has 0 aliphatic heterocycles. The van der Waals surface area contributed by atoms with Gasteiger partial charge in [-0.05, 0) is 18.2 Å². The van der Waals surface area contributed by atoms with E-state index >= 15 is 0 Å². The van der Waals surface area contributed by atoms with Gasteiger partial charge in [-0.15, -0.1) is 0 Å². The van der Waals surface area contributed by atoms with Crippen molar-refractivity contribution < 1.29 is 8.78 Å². The number of benzene rings is 1. The van der Waals surface area contributed by atoms with Gasteiger partial charge < -0.3 is 4.57 Å². The molecule has 1 aromatic carbocycles. The third kappa shape index (κ3) is 2.07. The molecule has 0 spiro atoms. The average Bonchev–Trinajstić information content (AvgIpc) is 2.86. The van der Waals surface area contributed by atoms with Crippen LogP contribution in [0, 0.1) is 11.6 Å². The first kappa shape index (κ1) is 12.5. The molecule has 0 radical (unpaired) electrons. The lowest BCUT2D eigenvalue weighted by Crippen LogP contribution is -1.97. The van der Waals surface area contributed by atoms with Crippen LogP contribution in [0.4, 0.5) is 8.78 Å². The van der Waals surface area contributed by atoms with Crippen LogP contribution >= 0.6 is 0 Å². The first-order valence-electron chi connectivity index (χ1n) is 6.05. The van der Waals surface area contributed by atoms with Gasteiger partial charge in [-0.25, -0.2) is 13.8 Å². The van der Waals surface area contributed by atoms with E-state index in [0.717, 1.165) is 6.07 Å². The predicted molar refractivity (Wildman–Crippen MR) is 71.8 cm³/mol. The second kappa shape index (κ2) is 4.85. The van der Waals surface area contributed by atoms with Crippen molar-refractivity contribution in [2.45, 2.75) is 0 Å². The van der Waals surface area contributed by atoms with Crippen LogP contribution in [0.5, 0.6) is 0 Å². The van der Waals surface area contributed by atoms with Crippen LogP contribution < -0.4 is 0 Å². The summed E-state index contributed by atoms with van der Waals surface area (Å²) in [7, 11) is 1.76. The maximum absolute atomic E-state index is 14.0. The van der Waals surface area contributed by atoms with Gasteiger partial charge in [-0.2, -0.15) is 0 Å². The maximum atomic E-state index is 14.0. The highest BCUT2D eigenvalue weighted by atomic mass is 19.1. The quantitative estimate of drug-likeness (QED) is 0.715. The minimum absolute atomic E-state index is 0.250. The Balaban J connectivity index is 2.21. The average molecular weight is 271 g/mol. The van der Waals surface area contributed by atoms with E-state index in [9.17, 15) is 8.78 Å². The highest BCUT2D eigenvalue weighted by Gasteiger charge is 2.16. The number of imidazole rings is 1. The summed E-state index contributed by atoms with van der Waals surface area (Å²) in [5.41, 5.74) is 0.963. The third-order valence-electron chi connectivity index (χ3n) is 3.06. The SMILES string of the molecule is Cn1ccnc1-c1cc(-c2ccccn2)c(F)cc1F. The number of rotatable bonds is 2. The molecule has 3 rings (SSSR count). The molecule has 0 N–H and O–H groups in total. The molecule has 0 saturated carbocycles. The molecule has 0 bridgehead atoms. The van der Waals surface area contributed by atoms with Crippen molar-refractivity contribution in [3.8, 4) is 22.6 Å². The van der Waals surface area contributed by atoms with Crippen molar-refractivity contribution in [3.63, 3.8) is 0 Å². The number of pyridine rings is 1. The smallest absolute Gasteiger partial charge is 0.142 e. The molecule has 3 aromatic rings. The summed E-state index contributed by atoms with van der Waals surface area (Å²) < 4.78 is 29.6. The lowest BCUT2D eigenvalue weighted by atomic mass is 10.1. The van der Waals surface area contributed by atoms with Crippen LogP contribution in [0.25, 0.3) is 22.6 Å². The minimum Gasteiger partial charge on any atom is -0.334 e. The number of halogens is 2. The van der Waals surface area contributed by atoms with Gasteiger partial charge in [0.25, 0.3) is 0 Å². The molecule has 3 nitrogen and oxygen atoms in total. The summed E-state index contributed by atoms with van der Waals surface area (Å²) in [5, 5.41) is 0. The van der Waals surface area contributed by atoms with Crippen molar-refractivity contribution in [2.24, 2.45) is 7.05 Å². The Morgan fingerprint density at radius 2 is 1.75 bits per heavy atom. The number of nitrogens with zero attached hydrogens (tertiary/aromatic N) is 3. The largest absolute Gasteiger partial charge is 0.334 e. The van der Waals surface area contributed by atoms with Crippen molar-refractivity contribution in [2.75, 3.05) is 0 Å². The van der Waals surface area contributed by atoms with E-state index in [-0.39, 0.29) is 11.1 Å². The molecule has 20 heavy (non-hydrogen) atoms. The van der Waals surface area contributed by atoms with Crippen LogP contribution in [0.3, 0.4) is 0 Å². The molecule has 0 aliphatic rings. The summed E-state index contributed by atoms with van der Waals surface area (Å²) >= 11 is 0. The predicted octanol–water partition coefficient (Wildman–Crippen LogP) is 3.43. The molecule has 2 heterocycles. The molecule has 5 heteroatoms. The van der Waals surface area contributed by atoms with Gasteiger partial charge in [-0.3, -0.25) is 4.98 Å². The molecule has 100 valence electrons. The zero-order valence-corrected chi connectivity index (χ0v) is 10.7. The molecule has 0 amide bonds. The summed E-state index contributed by atoms with van der Waals surface area (Å²) in [4.78, 5) is 8.19. The number of hydrogen-bond donors (Lipinski definition) is 0. The van der Waals surface area contributed by atoms with Gasteiger partial charge in [0, 0.05) is 37.3 Å². The fourth-order valence-electron chi connectivity index (χ4n) is 2.06. The Kier molecular flexibility index (Phi) is 3.02. The fraction of sp³-hybridized carbons (Fsp3) is 0.0667. The molecule has 0 aliphatic carbocycles. The number of aryl methyl sites for hydroxylation is 1. The third-order valence-corrected chi connectivity index (χ3v) is 3.06. The van der Waals surface area contributed by atoms with Crippen molar-refractivity contribution in [1.82, 2.24) is 14.5 Å². The van der Waals surface area contributed by atoms with Gasteiger partial charge in [0.1, 0.15) is 17.5 Å². The molecular formula is C15H11F2N3. The maximum Gasteiger partial charge on any atom is 0.142 e. The molecular weight excluding hydrogens is 260 g/mol. The van der Waals surface area contributed by atoms with E-state index in [0.29, 0.717) is 11.5 Å². The summed E-state index contributed by atoms with van der Waals surface area (Å²) in [6.45, 7) is 0. The van der Waals surface area contributed by atoms with Crippen LogP contribution in [-0.2, 0) is 7.05 Å². The molecule has 2 aromatic heterocycles. The monoisotopic (exact) mass is 271 g/mol. The molecule has 0 atom stereocenters. The number of aromatic nitrogens is 3. The Hall–Kier alpha value is -2.56. The van der Waals surface area contributed by atoms with Gasteiger partial charge in [0.05, 0.1) is 11.3 Å². The van der Waals surface area contributed by atoms with Crippen molar-refractivity contribution in [1.29, 1.82) is 0 Å². The second-order valence-electron chi connectivity index (χ2n) is 4.39. The lowest BCUT2D eigenvalue weighted by molar-refractivity contribution is 0.586. The molecule has 0 unspecified atom stereocenters. The first-order valence-corrected chi connectivity index (χ1v) is 6.05. The summed E-state index contributed by atoms with van der Waals surface area (Å²) in [6.07, 6.45) is 4.84. The topological polar surface area (TPSA) is 30.7 Å². The highest BCUT2D eigenvalue weighted by Crippen LogP contribution is 2.29. The van der Waals surface area contributed by atoms with Gasteiger partial charge >= 0.3 is 0 Å². The van der Waals surface area contributed by atoms with Gasteiger partial charge in [0.2, 0.25) is 0 Å². The fourth-order valence-corrected chi connectivity index (χ4v) is 2.06. The normalized spacial score (nSPS) is 10.8. The molecule has 0 fully saturated rings. The van der Waals surface area contributed by atoms with E-state index in [1.54, 1.807) is 48.4 Å². The number of hydrogen-bond acceptors (Lipinski definition) is 2. The van der Waals surface area contributed by atoms with Gasteiger partial charge in [0.15, 0.2) is 0 Å². The van der Waals surface area contributed by atoms with Crippen LogP contribution in [0.2, 0.25) is 0 Å². The van der Waals surface area contributed by atoms with Crippen molar-refractivity contribution >= 4 is 0 Å². The summed E-state index contributed by atoms with van der Waals surface area (Å²) in [5.74, 6) is -0.838. The minimum atomic E-state index is -0.642. The lowest BCUT2D eigenvalue weighted by Gasteiger charge is -2.08. The van der Waals surface area contributed by atoms with Crippen molar-refractivity contribution in [3.05, 3.63) is 60.6 Å². The van der Waals surface area contributed by atoms with Gasteiger partial charge in [-0.1, -0.05) is 6.07 Å². The van der Waals surface area contributed by atoms with Crippen LogP contribution in [-0.4, -0.2) is 14.5 Å². The van der Waals surface area contributed by atoms with Crippen LogP contribution in [0.1, 0.15) is 0 Å². The first-order chi connectivity index (χ1) is 9.66. The highest BCUT2D eigenvalue weighted by molar-refractivity contribution is 5.69. The second-order valence-corrected chi connectivity index (χ2v) is 4.39. The zero-order chi connectivity index (χ0) is 14.1. The Labute approximate surface area is 114 Å². The van der Waals surface area contributed by atoms with E-state index in [1.807, 2.05) is 0 Å². The van der Waals surface area contributed by atoms with E-state index in [2.05, 4.69) is 9.97 Å². The van der Waals surface area contributed by atoms with E-state index < -0.39 is 11.6 Å².